The molecule has 1 aromatic rings. The number of fused-ring (bicyclic) bond motifs is 1. The molecule has 3 heteroatoms. The fraction of sp³-hybridized carbons (Fsp3) is 0.588. The van der Waals surface area contributed by atoms with Crippen molar-refractivity contribution in [3.63, 3.8) is 0 Å². The van der Waals surface area contributed by atoms with E-state index in [0.29, 0.717) is 12.5 Å². The van der Waals surface area contributed by atoms with Crippen molar-refractivity contribution in [3.05, 3.63) is 35.4 Å². The van der Waals surface area contributed by atoms with Gasteiger partial charge < -0.3 is 5.32 Å². The van der Waals surface area contributed by atoms with Gasteiger partial charge in [-0.15, -0.1) is 0 Å². The van der Waals surface area contributed by atoms with Crippen LogP contribution < -0.4 is 5.32 Å². The number of amides is 1. The van der Waals surface area contributed by atoms with Gasteiger partial charge in [-0.1, -0.05) is 37.1 Å². The van der Waals surface area contributed by atoms with Gasteiger partial charge in [0.1, 0.15) is 0 Å². The van der Waals surface area contributed by atoms with Gasteiger partial charge in [-0.3, -0.25) is 9.69 Å². The molecule has 3 nitrogen and oxygen atoms in total. The van der Waals surface area contributed by atoms with E-state index in [9.17, 15) is 4.79 Å². The monoisotopic (exact) mass is 272 g/mol. The zero-order valence-electron chi connectivity index (χ0n) is 12.3. The summed E-state index contributed by atoms with van der Waals surface area (Å²) in [6.45, 7) is 1.76. The Labute approximate surface area is 121 Å². The zero-order chi connectivity index (χ0) is 13.9. The fourth-order valence-corrected chi connectivity index (χ4v) is 3.01. The number of likely N-dealkylation sites (N-methyl/N-ethyl adjacent to an activating group) is 1. The Morgan fingerprint density at radius 1 is 1.30 bits per heavy atom. The quantitative estimate of drug-likeness (QED) is 0.892. The number of hydrogen-bond acceptors (Lipinski definition) is 2. The second-order valence-corrected chi connectivity index (χ2v) is 6.33. The molecular formula is C17H24N2O. The first-order valence-electron chi connectivity index (χ1n) is 7.76. The molecule has 1 aliphatic heterocycles. The van der Waals surface area contributed by atoms with E-state index in [0.717, 1.165) is 31.8 Å². The maximum absolute atomic E-state index is 11.8. The van der Waals surface area contributed by atoms with E-state index in [1.54, 1.807) is 0 Å². The van der Waals surface area contributed by atoms with Crippen molar-refractivity contribution in [3.8, 4) is 0 Å². The predicted octanol–water partition coefficient (Wildman–Crippen LogP) is 2.35. The summed E-state index contributed by atoms with van der Waals surface area (Å²) in [4.78, 5) is 14.2. The van der Waals surface area contributed by atoms with Crippen LogP contribution in [0.1, 0.15) is 36.8 Å². The number of rotatable bonds is 5. The third kappa shape index (κ3) is 3.40. The first kappa shape index (κ1) is 13.6. The summed E-state index contributed by atoms with van der Waals surface area (Å²) in [6, 6.07) is 9.05. The first-order valence-corrected chi connectivity index (χ1v) is 7.76. The van der Waals surface area contributed by atoms with E-state index >= 15 is 0 Å². The van der Waals surface area contributed by atoms with E-state index < -0.39 is 0 Å². The van der Waals surface area contributed by atoms with Gasteiger partial charge in [-0.05, 0) is 36.9 Å². The summed E-state index contributed by atoms with van der Waals surface area (Å²) >= 11 is 0. The number of carbonyl (C=O) groups excluding carboxylic acids is 1. The van der Waals surface area contributed by atoms with Gasteiger partial charge in [0.05, 0.1) is 0 Å². The van der Waals surface area contributed by atoms with Crippen molar-refractivity contribution in [2.24, 2.45) is 5.92 Å². The lowest BCUT2D eigenvalue weighted by Crippen LogP contribution is -2.45. The van der Waals surface area contributed by atoms with Gasteiger partial charge in [0, 0.05) is 25.6 Å². The minimum absolute atomic E-state index is 0.226. The molecule has 3 rings (SSSR count). The van der Waals surface area contributed by atoms with Gasteiger partial charge in [-0.25, -0.2) is 0 Å². The molecule has 1 heterocycles. The molecule has 1 saturated carbocycles. The standard InChI is InChI=1S/C17H24N2O/c1-19-12-15-5-3-2-4-14(15)10-16(19)11-18-17(20)9-8-13-6-7-13/h2-5,13,16H,6-12H2,1H3,(H,18,20)/t16-/m0/s1. The predicted molar refractivity (Wildman–Crippen MR) is 80.4 cm³/mol. The van der Waals surface area contributed by atoms with Gasteiger partial charge in [0.2, 0.25) is 5.91 Å². The lowest BCUT2D eigenvalue weighted by Gasteiger charge is -2.34. The molecule has 0 radical (unpaired) electrons. The summed E-state index contributed by atoms with van der Waals surface area (Å²) in [5.41, 5.74) is 2.86. The first-order chi connectivity index (χ1) is 9.72. The Hall–Kier alpha value is -1.35. The van der Waals surface area contributed by atoms with Crippen LogP contribution in [0.15, 0.2) is 24.3 Å². The molecular weight excluding hydrogens is 248 g/mol. The average Bonchev–Trinajstić information content (AvgIpc) is 3.27. The van der Waals surface area contributed by atoms with Crippen molar-refractivity contribution in [2.45, 2.75) is 44.7 Å². The fourth-order valence-electron chi connectivity index (χ4n) is 3.01. The number of carbonyl (C=O) groups is 1. The van der Waals surface area contributed by atoms with Crippen LogP contribution in [0.4, 0.5) is 0 Å². The van der Waals surface area contributed by atoms with E-state index in [-0.39, 0.29) is 5.91 Å². The Morgan fingerprint density at radius 2 is 2.05 bits per heavy atom. The molecule has 0 bridgehead atoms. The lowest BCUT2D eigenvalue weighted by molar-refractivity contribution is -0.121. The van der Waals surface area contributed by atoms with E-state index in [2.05, 4.69) is 41.5 Å². The van der Waals surface area contributed by atoms with E-state index in [4.69, 9.17) is 0 Å². The molecule has 0 unspecified atom stereocenters. The lowest BCUT2D eigenvalue weighted by atomic mass is 9.94. The number of hydrogen-bond donors (Lipinski definition) is 1. The highest BCUT2D eigenvalue weighted by Crippen LogP contribution is 2.33. The van der Waals surface area contributed by atoms with E-state index in [1.165, 1.54) is 24.0 Å². The minimum Gasteiger partial charge on any atom is -0.355 e. The molecule has 108 valence electrons. The number of nitrogens with one attached hydrogen (secondary N) is 1. The maximum Gasteiger partial charge on any atom is 0.220 e. The average molecular weight is 272 g/mol. The zero-order valence-corrected chi connectivity index (χ0v) is 12.3. The molecule has 0 saturated heterocycles. The van der Waals surface area contributed by atoms with Crippen LogP contribution in [-0.2, 0) is 17.8 Å². The Morgan fingerprint density at radius 3 is 2.80 bits per heavy atom. The van der Waals surface area contributed by atoms with Gasteiger partial charge in [0.25, 0.3) is 0 Å². The molecule has 1 aromatic carbocycles. The maximum atomic E-state index is 11.8. The normalized spacial score (nSPS) is 22.4. The molecule has 0 spiro atoms. The Bertz CT molecular complexity index is 482. The highest BCUT2D eigenvalue weighted by molar-refractivity contribution is 5.75. The molecule has 1 aliphatic carbocycles. The number of nitrogens with zero attached hydrogens (tertiary/aromatic N) is 1. The van der Waals surface area contributed by atoms with Crippen molar-refractivity contribution in [1.82, 2.24) is 10.2 Å². The molecule has 2 aliphatic rings. The van der Waals surface area contributed by atoms with Gasteiger partial charge >= 0.3 is 0 Å². The molecule has 20 heavy (non-hydrogen) atoms. The summed E-state index contributed by atoms with van der Waals surface area (Å²) in [5, 5.41) is 3.12. The molecule has 1 N–H and O–H groups in total. The topological polar surface area (TPSA) is 32.3 Å². The van der Waals surface area contributed by atoms with Crippen LogP contribution in [0.25, 0.3) is 0 Å². The molecule has 1 atom stereocenters. The largest absolute Gasteiger partial charge is 0.355 e. The van der Waals surface area contributed by atoms with Crippen molar-refractivity contribution >= 4 is 5.91 Å². The van der Waals surface area contributed by atoms with Gasteiger partial charge in [-0.2, -0.15) is 0 Å². The second kappa shape index (κ2) is 5.96. The minimum atomic E-state index is 0.226. The van der Waals surface area contributed by atoms with E-state index in [1.807, 2.05) is 0 Å². The van der Waals surface area contributed by atoms with Crippen LogP contribution in [0.3, 0.4) is 0 Å². The molecule has 1 fully saturated rings. The Kier molecular flexibility index (Phi) is 4.06. The summed E-state index contributed by atoms with van der Waals surface area (Å²) in [7, 11) is 2.15. The summed E-state index contributed by atoms with van der Waals surface area (Å²) in [6.07, 6.45) is 5.48. The molecule has 0 aromatic heterocycles. The highest BCUT2D eigenvalue weighted by atomic mass is 16.1. The number of benzene rings is 1. The molecule has 1 amide bonds. The van der Waals surface area contributed by atoms with Crippen molar-refractivity contribution in [2.75, 3.05) is 13.6 Å². The Balaban J connectivity index is 1.48. The summed E-state index contributed by atoms with van der Waals surface area (Å²) < 4.78 is 0. The van der Waals surface area contributed by atoms with Crippen LogP contribution in [0, 0.1) is 5.92 Å². The SMILES string of the molecule is CN1Cc2ccccc2C[C@H]1CNC(=O)CCC1CC1. The second-order valence-electron chi connectivity index (χ2n) is 6.33. The van der Waals surface area contributed by atoms with Gasteiger partial charge in [0.15, 0.2) is 0 Å². The van der Waals surface area contributed by atoms with Crippen LogP contribution in [0.5, 0.6) is 0 Å². The highest BCUT2D eigenvalue weighted by Gasteiger charge is 2.24. The van der Waals surface area contributed by atoms with Crippen LogP contribution in [-0.4, -0.2) is 30.4 Å². The van der Waals surface area contributed by atoms with Crippen molar-refractivity contribution in [1.29, 1.82) is 0 Å². The smallest absolute Gasteiger partial charge is 0.220 e. The third-order valence-electron chi connectivity index (χ3n) is 4.63. The third-order valence-corrected chi connectivity index (χ3v) is 4.63. The summed E-state index contributed by atoms with van der Waals surface area (Å²) in [5.74, 6) is 1.06. The van der Waals surface area contributed by atoms with Crippen molar-refractivity contribution < 1.29 is 4.79 Å². The van der Waals surface area contributed by atoms with Crippen LogP contribution in [0.2, 0.25) is 0 Å². The van der Waals surface area contributed by atoms with Crippen LogP contribution >= 0.6 is 0 Å².